The molecule has 0 fully saturated rings. The maximum Gasteiger partial charge on any atom is 0.258 e. The molecule has 2 aromatic carbocycles. The van der Waals surface area contributed by atoms with Crippen molar-refractivity contribution in [2.75, 3.05) is 11.9 Å². The lowest BCUT2D eigenvalue weighted by Gasteiger charge is -2.07. The average Bonchev–Trinajstić information content (AvgIpc) is 3.08. The summed E-state index contributed by atoms with van der Waals surface area (Å²) in [5.74, 6) is 0.234. The summed E-state index contributed by atoms with van der Waals surface area (Å²) in [6, 6.07) is 15.7. The van der Waals surface area contributed by atoms with Gasteiger partial charge in [-0.25, -0.2) is 0 Å². The van der Waals surface area contributed by atoms with Crippen molar-refractivity contribution in [2.24, 2.45) is 7.05 Å². The first-order chi connectivity index (χ1) is 13.1. The Balaban J connectivity index is 1.60. The van der Waals surface area contributed by atoms with Gasteiger partial charge in [0.05, 0.1) is 11.2 Å². The molecule has 4 rings (SSSR count). The molecule has 27 heavy (non-hydrogen) atoms. The lowest BCUT2D eigenvalue weighted by molar-refractivity contribution is -0.112. The molecule has 3 aromatic rings. The van der Waals surface area contributed by atoms with Gasteiger partial charge < -0.3 is 14.6 Å². The minimum absolute atomic E-state index is 0.00322. The van der Waals surface area contributed by atoms with Gasteiger partial charge in [0.2, 0.25) is 0 Å². The van der Waals surface area contributed by atoms with Crippen LogP contribution < -0.4 is 4.90 Å². The molecule has 1 aliphatic heterocycles. The number of para-hydroxylation sites is 2. The fourth-order valence-electron chi connectivity index (χ4n) is 3.50. The van der Waals surface area contributed by atoms with E-state index in [2.05, 4.69) is 0 Å². The van der Waals surface area contributed by atoms with Crippen molar-refractivity contribution < 1.29 is 9.90 Å². The Morgan fingerprint density at radius 2 is 1.67 bits per heavy atom. The van der Waals surface area contributed by atoms with E-state index in [0.717, 1.165) is 27.7 Å². The van der Waals surface area contributed by atoms with Crippen molar-refractivity contribution in [1.82, 2.24) is 4.57 Å². The number of aromatic nitrogens is 1. The fraction of sp³-hybridized carbons (Fsp3) is 0.0870. The van der Waals surface area contributed by atoms with Crippen LogP contribution in [-0.4, -0.2) is 22.6 Å². The Morgan fingerprint density at radius 3 is 2.52 bits per heavy atom. The van der Waals surface area contributed by atoms with E-state index >= 15 is 0 Å². The smallest absolute Gasteiger partial charge is 0.258 e. The van der Waals surface area contributed by atoms with Gasteiger partial charge >= 0.3 is 0 Å². The molecule has 134 valence electrons. The van der Waals surface area contributed by atoms with Crippen LogP contribution in [0.15, 0.2) is 72.8 Å². The van der Waals surface area contributed by atoms with Crippen molar-refractivity contribution in [1.29, 1.82) is 0 Å². The number of aryl methyl sites for hydroxylation is 1. The summed E-state index contributed by atoms with van der Waals surface area (Å²) in [5, 5.41) is 11.4. The lowest BCUT2D eigenvalue weighted by Crippen LogP contribution is -2.20. The zero-order chi connectivity index (χ0) is 19.0. The second kappa shape index (κ2) is 6.65. The number of hydrogen-bond donors (Lipinski definition) is 1. The van der Waals surface area contributed by atoms with Gasteiger partial charge in [0.25, 0.3) is 5.91 Å². The molecule has 0 saturated carbocycles. The van der Waals surface area contributed by atoms with Gasteiger partial charge in [-0.15, -0.1) is 0 Å². The van der Waals surface area contributed by atoms with E-state index in [0.29, 0.717) is 5.57 Å². The zero-order valence-corrected chi connectivity index (χ0v) is 15.3. The summed E-state index contributed by atoms with van der Waals surface area (Å²) >= 11 is 0. The highest BCUT2D eigenvalue weighted by molar-refractivity contribution is 6.32. The standard InChI is InChI=1S/C23H20N2O2/c1-24-20-14-8-6-10-16(20)18(22(24)26)12-4-3-5-13-19-17-11-7-9-15-21(17)25(2)23(19)27/h3-15,26H,1-2H3. The number of rotatable bonds is 3. The number of likely N-dealkylation sites (N-methyl/N-ethyl adjacent to an activating group) is 1. The third-order valence-corrected chi connectivity index (χ3v) is 4.95. The third-order valence-electron chi connectivity index (χ3n) is 4.95. The molecule has 1 aromatic heterocycles. The molecule has 2 heterocycles. The summed E-state index contributed by atoms with van der Waals surface area (Å²) in [6.45, 7) is 0. The molecular formula is C23H20N2O2. The molecule has 0 spiro atoms. The van der Waals surface area contributed by atoms with Gasteiger partial charge in [-0.1, -0.05) is 54.6 Å². The zero-order valence-electron chi connectivity index (χ0n) is 15.3. The Morgan fingerprint density at radius 1 is 0.926 bits per heavy atom. The summed E-state index contributed by atoms with van der Waals surface area (Å²) in [4.78, 5) is 14.1. The molecular weight excluding hydrogens is 336 g/mol. The molecule has 1 N–H and O–H groups in total. The number of hydrogen-bond acceptors (Lipinski definition) is 2. The van der Waals surface area contributed by atoms with Crippen molar-refractivity contribution in [3.05, 3.63) is 84.0 Å². The van der Waals surface area contributed by atoms with Crippen LogP contribution in [0.5, 0.6) is 5.88 Å². The van der Waals surface area contributed by atoms with E-state index in [4.69, 9.17) is 0 Å². The Labute approximate surface area is 158 Å². The van der Waals surface area contributed by atoms with Gasteiger partial charge in [-0.2, -0.15) is 0 Å². The van der Waals surface area contributed by atoms with Crippen molar-refractivity contribution in [3.63, 3.8) is 0 Å². The fourth-order valence-corrected chi connectivity index (χ4v) is 3.50. The first kappa shape index (κ1) is 16.9. The summed E-state index contributed by atoms with van der Waals surface area (Å²) < 4.78 is 1.77. The van der Waals surface area contributed by atoms with Crippen LogP contribution in [0.4, 0.5) is 5.69 Å². The number of anilines is 1. The second-order valence-corrected chi connectivity index (χ2v) is 6.52. The molecule has 1 amide bonds. The van der Waals surface area contributed by atoms with Crippen LogP contribution in [-0.2, 0) is 11.8 Å². The maximum absolute atomic E-state index is 12.4. The van der Waals surface area contributed by atoms with Gasteiger partial charge in [0.1, 0.15) is 0 Å². The van der Waals surface area contributed by atoms with E-state index in [-0.39, 0.29) is 11.8 Å². The molecule has 4 nitrogen and oxygen atoms in total. The monoisotopic (exact) mass is 356 g/mol. The van der Waals surface area contributed by atoms with Crippen LogP contribution in [0, 0.1) is 0 Å². The molecule has 0 saturated heterocycles. The molecule has 0 radical (unpaired) electrons. The highest BCUT2D eigenvalue weighted by Gasteiger charge is 2.28. The summed E-state index contributed by atoms with van der Waals surface area (Å²) in [7, 11) is 3.63. The van der Waals surface area contributed by atoms with E-state index in [1.807, 2.05) is 86.0 Å². The van der Waals surface area contributed by atoms with Crippen LogP contribution >= 0.6 is 0 Å². The van der Waals surface area contributed by atoms with Gasteiger partial charge in [0, 0.05) is 36.2 Å². The van der Waals surface area contributed by atoms with Crippen LogP contribution in [0.3, 0.4) is 0 Å². The highest BCUT2D eigenvalue weighted by atomic mass is 16.3. The third kappa shape index (κ3) is 2.75. The minimum Gasteiger partial charge on any atom is -0.494 e. The molecule has 1 aliphatic rings. The van der Waals surface area contributed by atoms with Crippen molar-refractivity contribution >= 4 is 34.1 Å². The topological polar surface area (TPSA) is 45.5 Å². The van der Waals surface area contributed by atoms with Crippen molar-refractivity contribution in [3.8, 4) is 5.88 Å². The molecule has 0 bridgehead atoms. The number of aromatic hydroxyl groups is 1. The minimum atomic E-state index is -0.00322. The van der Waals surface area contributed by atoms with Gasteiger partial charge in [0.15, 0.2) is 5.88 Å². The highest BCUT2D eigenvalue weighted by Crippen LogP contribution is 2.35. The van der Waals surface area contributed by atoms with E-state index in [1.165, 1.54) is 0 Å². The molecule has 4 heteroatoms. The van der Waals surface area contributed by atoms with E-state index < -0.39 is 0 Å². The summed E-state index contributed by atoms with van der Waals surface area (Å²) in [6.07, 6.45) is 9.29. The molecule has 0 aliphatic carbocycles. The molecule has 0 unspecified atom stereocenters. The molecule has 0 atom stereocenters. The Hall–Kier alpha value is -3.53. The lowest BCUT2D eigenvalue weighted by atomic mass is 10.1. The second-order valence-electron chi connectivity index (χ2n) is 6.52. The number of amides is 1. The number of fused-ring (bicyclic) bond motifs is 2. The number of allylic oxidation sites excluding steroid dienone is 4. The maximum atomic E-state index is 12.4. The van der Waals surface area contributed by atoms with E-state index in [1.54, 1.807) is 16.5 Å². The predicted octanol–water partition coefficient (Wildman–Crippen LogP) is 4.51. The van der Waals surface area contributed by atoms with Crippen LogP contribution in [0.1, 0.15) is 11.1 Å². The van der Waals surface area contributed by atoms with E-state index in [9.17, 15) is 9.90 Å². The first-order valence-electron chi connectivity index (χ1n) is 8.78. The first-order valence-corrected chi connectivity index (χ1v) is 8.78. The quantitative estimate of drug-likeness (QED) is 0.554. The Kier molecular flexibility index (Phi) is 4.16. The number of carbonyl (C=O) groups is 1. The van der Waals surface area contributed by atoms with Gasteiger partial charge in [-0.3, -0.25) is 4.79 Å². The number of carbonyl (C=O) groups excluding carboxylic acids is 1. The summed E-state index contributed by atoms with van der Waals surface area (Å²) in [5.41, 5.74) is 4.33. The van der Waals surface area contributed by atoms with Gasteiger partial charge in [-0.05, 0) is 24.3 Å². The number of benzene rings is 2. The van der Waals surface area contributed by atoms with Crippen LogP contribution in [0.2, 0.25) is 0 Å². The predicted molar refractivity (Wildman–Crippen MR) is 111 cm³/mol. The van der Waals surface area contributed by atoms with Crippen molar-refractivity contribution in [2.45, 2.75) is 0 Å². The largest absolute Gasteiger partial charge is 0.494 e. The SMILES string of the molecule is CN1C(=O)C(=CC=CC=Cc2c(O)n(C)c3ccccc23)c2ccccc21. The average molecular weight is 356 g/mol. The Bertz CT molecular complexity index is 1130. The normalized spacial score (nSPS) is 15.7. The van der Waals surface area contributed by atoms with Crippen LogP contribution in [0.25, 0.3) is 22.6 Å². The number of nitrogens with zero attached hydrogens (tertiary/aromatic N) is 2.